The van der Waals surface area contributed by atoms with Crippen molar-refractivity contribution in [2.24, 2.45) is 0 Å². The summed E-state index contributed by atoms with van der Waals surface area (Å²) in [5, 5.41) is -0.350. The van der Waals surface area contributed by atoms with Crippen molar-refractivity contribution in [3.8, 4) is 0 Å². The van der Waals surface area contributed by atoms with Gasteiger partial charge in [-0.2, -0.15) is 0 Å². The zero-order valence-electron chi connectivity index (χ0n) is 16.2. The molecule has 4 nitrogen and oxygen atoms in total. The molecule has 6 heteroatoms. The van der Waals surface area contributed by atoms with Gasteiger partial charge >= 0.3 is 0 Å². The minimum atomic E-state index is -0.397. The third-order valence-corrected chi connectivity index (χ3v) is 6.20. The van der Waals surface area contributed by atoms with E-state index in [1.165, 1.54) is 12.2 Å². The Morgan fingerprint density at radius 1 is 1.37 bits per heavy atom. The third-order valence-electron chi connectivity index (χ3n) is 5.29. The molecular weight excluding hydrogens is 363 g/mol. The molecule has 0 bridgehead atoms. The summed E-state index contributed by atoms with van der Waals surface area (Å²) in [4.78, 5) is 28.0. The van der Waals surface area contributed by atoms with E-state index in [4.69, 9.17) is 0 Å². The summed E-state index contributed by atoms with van der Waals surface area (Å²) in [6.07, 6.45) is 3.96. The van der Waals surface area contributed by atoms with Crippen molar-refractivity contribution in [3.05, 3.63) is 46.6 Å². The van der Waals surface area contributed by atoms with Crippen molar-refractivity contribution < 1.29 is 14.0 Å². The number of carbonyl (C=O) groups is 2. The average molecular weight is 389 g/mol. The lowest BCUT2D eigenvalue weighted by Crippen LogP contribution is -2.48. The Kier molecular flexibility index (Phi) is 5.21. The zero-order chi connectivity index (χ0) is 19.9. The molecule has 0 spiro atoms. The first-order valence-electron chi connectivity index (χ1n) is 9.17. The topological polar surface area (TPSA) is 40.6 Å². The highest BCUT2D eigenvalue weighted by molar-refractivity contribution is 8.18. The van der Waals surface area contributed by atoms with Gasteiger partial charge in [0.1, 0.15) is 5.82 Å². The van der Waals surface area contributed by atoms with E-state index in [-0.39, 0.29) is 34.0 Å². The molecular formula is C21H25FN2O2S. The number of amides is 2. The van der Waals surface area contributed by atoms with Crippen molar-refractivity contribution in [3.63, 3.8) is 0 Å². The molecule has 2 aliphatic heterocycles. The monoisotopic (exact) mass is 388 g/mol. The smallest absolute Gasteiger partial charge is 0.293 e. The summed E-state index contributed by atoms with van der Waals surface area (Å²) >= 11 is 0.842. The molecule has 0 N–H and O–H groups in total. The van der Waals surface area contributed by atoms with Gasteiger partial charge in [-0.25, -0.2) is 4.39 Å². The van der Waals surface area contributed by atoms with Gasteiger partial charge in [-0.05, 0) is 68.6 Å². The van der Waals surface area contributed by atoms with Gasteiger partial charge in [-0.15, -0.1) is 6.58 Å². The SMILES string of the molecule is C=CCN1C(=O)S/C(=C/c2cc3c(cc2F)N(CC)C(C)(C)CC3C)C1=O. The summed E-state index contributed by atoms with van der Waals surface area (Å²) in [5.74, 6) is -0.500. The Hall–Kier alpha value is -2.08. The van der Waals surface area contributed by atoms with Crippen LogP contribution in [-0.4, -0.2) is 34.7 Å². The van der Waals surface area contributed by atoms with Crippen LogP contribution in [0.3, 0.4) is 0 Å². The first-order valence-corrected chi connectivity index (χ1v) is 9.98. The maximum Gasteiger partial charge on any atom is 0.293 e. The second kappa shape index (κ2) is 7.15. The summed E-state index contributed by atoms with van der Waals surface area (Å²) < 4.78 is 14.9. The fourth-order valence-electron chi connectivity index (χ4n) is 4.16. The molecule has 1 fully saturated rings. The average Bonchev–Trinajstić information content (AvgIpc) is 2.84. The van der Waals surface area contributed by atoms with Gasteiger partial charge in [0.05, 0.1) is 4.91 Å². The lowest BCUT2D eigenvalue weighted by atomic mass is 9.79. The van der Waals surface area contributed by atoms with Crippen LogP contribution < -0.4 is 4.90 Å². The number of hydrogen-bond donors (Lipinski definition) is 0. The van der Waals surface area contributed by atoms with Crippen LogP contribution in [-0.2, 0) is 4.79 Å². The molecule has 1 aromatic carbocycles. The second-order valence-electron chi connectivity index (χ2n) is 7.68. The predicted molar refractivity (Wildman–Crippen MR) is 109 cm³/mol. The number of imide groups is 1. The van der Waals surface area contributed by atoms with E-state index in [1.54, 1.807) is 6.07 Å². The largest absolute Gasteiger partial charge is 0.366 e. The number of thioether (sulfide) groups is 1. The Bertz CT molecular complexity index is 847. The molecule has 144 valence electrons. The van der Waals surface area contributed by atoms with E-state index >= 15 is 0 Å². The highest BCUT2D eigenvalue weighted by atomic mass is 32.2. The lowest BCUT2D eigenvalue weighted by Gasteiger charge is -2.47. The maximum atomic E-state index is 14.9. The van der Waals surface area contributed by atoms with Gasteiger partial charge < -0.3 is 4.90 Å². The molecule has 0 aliphatic carbocycles. The van der Waals surface area contributed by atoms with Crippen LogP contribution in [0.4, 0.5) is 14.9 Å². The molecule has 1 saturated heterocycles. The molecule has 1 atom stereocenters. The van der Waals surface area contributed by atoms with Crippen molar-refractivity contribution in [1.29, 1.82) is 0 Å². The van der Waals surface area contributed by atoms with Crippen LogP contribution in [0.25, 0.3) is 6.08 Å². The first-order chi connectivity index (χ1) is 12.7. The molecule has 0 saturated carbocycles. The molecule has 27 heavy (non-hydrogen) atoms. The molecule has 2 amide bonds. The van der Waals surface area contributed by atoms with Crippen LogP contribution in [0.2, 0.25) is 0 Å². The van der Waals surface area contributed by atoms with E-state index in [0.717, 1.165) is 40.9 Å². The Morgan fingerprint density at radius 2 is 2.07 bits per heavy atom. The van der Waals surface area contributed by atoms with Gasteiger partial charge in [0.25, 0.3) is 11.1 Å². The Labute approximate surface area is 164 Å². The van der Waals surface area contributed by atoms with Crippen molar-refractivity contribution in [2.75, 3.05) is 18.0 Å². The Morgan fingerprint density at radius 3 is 2.70 bits per heavy atom. The number of carbonyl (C=O) groups excluding carboxylic acids is 2. The number of anilines is 1. The van der Waals surface area contributed by atoms with E-state index in [1.807, 2.05) is 6.07 Å². The van der Waals surface area contributed by atoms with Crippen LogP contribution >= 0.6 is 11.8 Å². The molecule has 1 aromatic rings. The number of rotatable bonds is 4. The summed E-state index contributed by atoms with van der Waals surface area (Å²) in [5.41, 5.74) is 2.30. The highest BCUT2D eigenvalue weighted by Crippen LogP contribution is 2.44. The minimum absolute atomic E-state index is 0.0392. The van der Waals surface area contributed by atoms with Crippen molar-refractivity contribution >= 4 is 34.7 Å². The summed E-state index contributed by atoms with van der Waals surface area (Å²) in [6, 6.07) is 3.39. The van der Waals surface area contributed by atoms with Crippen LogP contribution in [0.15, 0.2) is 29.7 Å². The van der Waals surface area contributed by atoms with Gasteiger partial charge in [0.2, 0.25) is 0 Å². The van der Waals surface area contributed by atoms with E-state index in [9.17, 15) is 14.0 Å². The number of halogens is 1. The second-order valence-corrected chi connectivity index (χ2v) is 8.67. The van der Waals surface area contributed by atoms with Gasteiger partial charge in [0.15, 0.2) is 0 Å². The van der Waals surface area contributed by atoms with E-state index < -0.39 is 5.91 Å². The van der Waals surface area contributed by atoms with Gasteiger partial charge in [-0.1, -0.05) is 13.0 Å². The van der Waals surface area contributed by atoms with Crippen LogP contribution in [0.1, 0.15) is 51.2 Å². The number of nitrogens with zero attached hydrogens (tertiary/aromatic N) is 2. The fourth-order valence-corrected chi connectivity index (χ4v) is 5.00. The van der Waals surface area contributed by atoms with Crippen LogP contribution in [0, 0.1) is 5.82 Å². The summed E-state index contributed by atoms with van der Waals surface area (Å²) in [6.45, 7) is 13.1. The molecule has 1 unspecified atom stereocenters. The van der Waals surface area contributed by atoms with Crippen molar-refractivity contribution in [1.82, 2.24) is 4.90 Å². The normalized spacial score (nSPS) is 23.1. The zero-order valence-corrected chi connectivity index (χ0v) is 17.0. The predicted octanol–water partition coefficient (Wildman–Crippen LogP) is 5.16. The molecule has 3 rings (SSSR count). The van der Waals surface area contributed by atoms with E-state index in [0.29, 0.717) is 5.56 Å². The molecule has 2 aliphatic rings. The maximum absolute atomic E-state index is 14.9. The standard InChI is InChI=1S/C21H25FN2O2S/c1-6-8-23-19(25)18(27-20(23)26)10-14-9-15-13(3)12-21(4,5)24(7-2)17(15)11-16(14)22/h6,9-11,13H,1,7-8,12H2,2-5H3/b18-10+. The van der Waals surface area contributed by atoms with Gasteiger partial charge in [0, 0.05) is 29.9 Å². The molecule has 0 radical (unpaired) electrons. The minimum Gasteiger partial charge on any atom is -0.366 e. The number of hydrogen-bond acceptors (Lipinski definition) is 4. The number of benzene rings is 1. The molecule has 0 aromatic heterocycles. The van der Waals surface area contributed by atoms with E-state index in [2.05, 4.69) is 39.2 Å². The van der Waals surface area contributed by atoms with Gasteiger partial charge in [-0.3, -0.25) is 14.5 Å². The van der Waals surface area contributed by atoms with Crippen molar-refractivity contribution in [2.45, 2.75) is 45.6 Å². The fraction of sp³-hybridized carbons (Fsp3) is 0.429. The highest BCUT2D eigenvalue weighted by Gasteiger charge is 2.37. The summed E-state index contributed by atoms with van der Waals surface area (Å²) in [7, 11) is 0. The third kappa shape index (κ3) is 3.43. The van der Waals surface area contributed by atoms with Crippen LogP contribution in [0.5, 0.6) is 0 Å². The lowest BCUT2D eigenvalue weighted by molar-refractivity contribution is -0.122. The first kappa shape index (κ1) is 19.7. The Balaban J connectivity index is 2.03. The number of fused-ring (bicyclic) bond motifs is 1. The molecule has 2 heterocycles. The quantitative estimate of drug-likeness (QED) is 0.528.